The minimum Gasteiger partial charge on any atom is -0.469 e. The molecule has 1 aliphatic rings. The number of carbonyl (C=O) groups excluding carboxylic acids is 3. The zero-order chi connectivity index (χ0) is 11.4. The molecule has 0 aromatic carbocycles. The first-order valence-electron chi connectivity index (χ1n) is 4.45. The van der Waals surface area contributed by atoms with Crippen molar-refractivity contribution in [3.8, 4) is 0 Å². The van der Waals surface area contributed by atoms with Crippen molar-refractivity contribution in [2.45, 2.75) is 0 Å². The first-order chi connectivity index (χ1) is 7.15. The largest absolute Gasteiger partial charge is 0.469 e. The second kappa shape index (κ2) is 4.72. The number of allylic oxidation sites excluding steroid dienone is 1. The van der Waals surface area contributed by atoms with Crippen LogP contribution in [0.15, 0.2) is 12.2 Å². The van der Waals surface area contributed by atoms with Crippen LogP contribution in [-0.2, 0) is 23.9 Å². The molecule has 0 heterocycles. The van der Waals surface area contributed by atoms with Crippen molar-refractivity contribution in [2.24, 2.45) is 17.8 Å². The Morgan fingerprint density at radius 1 is 1.13 bits per heavy atom. The average Bonchev–Trinajstić information content (AvgIpc) is 2.97. The van der Waals surface area contributed by atoms with Crippen LogP contribution in [0, 0.1) is 17.8 Å². The number of hydrogen-bond acceptors (Lipinski definition) is 5. The van der Waals surface area contributed by atoms with Crippen molar-refractivity contribution in [2.75, 3.05) is 14.2 Å². The summed E-state index contributed by atoms with van der Waals surface area (Å²) in [4.78, 5) is 32.5. The molecule has 1 saturated carbocycles. The van der Waals surface area contributed by atoms with Gasteiger partial charge in [0, 0.05) is 17.9 Å². The van der Waals surface area contributed by atoms with Crippen LogP contribution in [0.4, 0.5) is 0 Å². The quantitative estimate of drug-likeness (QED) is 0.371. The summed E-state index contributed by atoms with van der Waals surface area (Å²) in [6.07, 6.45) is 3.42. The number of hydrogen-bond donors (Lipinski definition) is 0. The summed E-state index contributed by atoms with van der Waals surface area (Å²) in [5, 5.41) is 0. The van der Waals surface area contributed by atoms with E-state index in [0.717, 1.165) is 0 Å². The molecule has 0 bridgehead atoms. The van der Waals surface area contributed by atoms with Gasteiger partial charge in [-0.15, -0.1) is 0 Å². The second-order valence-electron chi connectivity index (χ2n) is 3.22. The fourth-order valence-electron chi connectivity index (χ4n) is 1.49. The predicted molar refractivity (Wildman–Crippen MR) is 49.7 cm³/mol. The fraction of sp³-hybridized carbons (Fsp3) is 0.500. The van der Waals surface area contributed by atoms with Crippen molar-refractivity contribution < 1.29 is 23.9 Å². The van der Waals surface area contributed by atoms with Gasteiger partial charge >= 0.3 is 11.9 Å². The molecule has 0 saturated heterocycles. The Morgan fingerprint density at radius 3 is 2.27 bits per heavy atom. The third-order valence-corrected chi connectivity index (χ3v) is 2.42. The molecule has 0 spiro atoms. The summed E-state index contributed by atoms with van der Waals surface area (Å²) >= 11 is 0. The minimum atomic E-state index is -0.504. The van der Waals surface area contributed by atoms with Crippen LogP contribution in [-0.4, -0.2) is 32.4 Å². The summed E-state index contributed by atoms with van der Waals surface area (Å²) in [5.41, 5.74) is 0. The Kier molecular flexibility index (Phi) is 3.60. The maximum absolute atomic E-state index is 11.1. The van der Waals surface area contributed by atoms with E-state index in [9.17, 15) is 14.4 Å². The molecule has 5 nitrogen and oxygen atoms in total. The Morgan fingerprint density at radius 2 is 1.80 bits per heavy atom. The van der Waals surface area contributed by atoms with E-state index < -0.39 is 17.9 Å². The van der Waals surface area contributed by atoms with Crippen LogP contribution < -0.4 is 0 Å². The van der Waals surface area contributed by atoms with Gasteiger partial charge in [0.2, 0.25) is 0 Å². The van der Waals surface area contributed by atoms with Gasteiger partial charge in [-0.05, 0) is 0 Å². The van der Waals surface area contributed by atoms with E-state index >= 15 is 0 Å². The Balaban J connectivity index is 2.57. The summed E-state index contributed by atoms with van der Waals surface area (Å²) in [6.45, 7) is 0. The van der Waals surface area contributed by atoms with Crippen LogP contribution in [0.3, 0.4) is 0 Å². The normalized spacial score (nSPS) is 28.5. The van der Waals surface area contributed by atoms with E-state index in [0.29, 0.717) is 6.29 Å². The molecule has 1 aliphatic carbocycles. The number of esters is 2. The number of rotatable bonds is 4. The van der Waals surface area contributed by atoms with Gasteiger partial charge in [0.05, 0.1) is 20.1 Å². The molecule has 3 atom stereocenters. The molecule has 0 unspecified atom stereocenters. The van der Waals surface area contributed by atoms with Gasteiger partial charge in [0.15, 0.2) is 0 Å². The van der Waals surface area contributed by atoms with E-state index in [4.69, 9.17) is 0 Å². The first-order valence-corrected chi connectivity index (χ1v) is 4.45. The Bertz CT molecular complexity index is 307. The fourth-order valence-corrected chi connectivity index (χ4v) is 1.49. The molecule has 0 radical (unpaired) electrons. The summed E-state index contributed by atoms with van der Waals surface area (Å²) in [7, 11) is 2.53. The standard InChI is InChI=1S/C10H12O5/c1-14-8(12)4-3-6-7(5-11)9(6)10(13)15-2/h3-7,9H,1-2H3/b4-3-/t6-,7+,9+/m0/s1. The molecule has 0 aliphatic heterocycles. The molecule has 0 aromatic rings. The third-order valence-electron chi connectivity index (χ3n) is 2.42. The number of aldehydes is 1. The van der Waals surface area contributed by atoms with Crippen molar-refractivity contribution in [3.63, 3.8) is 0 Å². The van der Waals surface area contributed by atoms with E-state index in [1.165, 1.54) is 26.4 Å². The molecule has 15 heavy (non-hydrogen) atoms. The first kappa shape index (κ1) is 11.4. The topological polar surface area (TPSA) is 69.7 Å². The highest BCUT2D eigenvalue weighted by molar-refractivity contribution is 5.85. The van der Waals surface area contributed by atoms with Crippen LogP contribution in [0.1, 0.15) is 0 Å². The molecule has 0 amide bonds. The van der Waals surface area contributed by atoms with E-state index in [2.05, 4.69) is 9.47 Å². The molecule has 82 valence electrons. The van der Waals surface area contributed by atoms with Crippen LogP contribution in [0.25, 0.3) is 0 Å². The van der Waals surface area contributed by atoms with E-state index in [1.807, 2.05) is 0 Å². The molecule has 1 fully saturated rings. The maximum atomic E-state index is 11.1. The lowest BCUT2D eigenvalue weighted by Crippen LogP contribution is -2.05. The highest BCUT2D eigenvalue weighted by Gasteiger charge is 2.54. The summed E-state index contributed by atoms with van der Waals surface area (Å²) < 4.78 is 8.91. The number of methoxy groups -OCH3 is 2. The molecule has 0 N–H and O–H groups in total. The monoisotopic (exact) mass is 212 g/mol. The molecule has 5 heteroatoms. The van der Waals surface area contributed by atoms with Crippen molar-refractivity contribution >= 4 is 18.2 Å². The van der Waals surface area contributed by atoms with Gasteiger partial charge in [-0.2, -0.15) is 0 Å². The van der Waals surface area contributed by atoms with Crippen LogP contribution >= 0.6 is 0 Å². The van der Waals surface area contributed by atoms with Gasteiger partial charge in [-0.1, -0.05) is 6.08 Å². The van der Waals surface area contributed by atoms with Gasteiger partial charge in [-0.3, -0.25) is 4.79 Å². The van der Waals surface area contributed by atoms with Crippen LogP contribution in [0.2, 0.25) is 0 Å². The van der Waals surface area contributed by atoms with Crippen LogP contribution in [0.5, 0.6) is 0 Å². The molecule has 1 rings (SSSR count). The van der Waals surface area contributed by atoms with E-state index in [1.54, 1.807) is 0 Å². The molecular formula is C10H12O5. The Hall–Kier alpha value is -1.65. The van der Waals surface area contributed by atoms with Gasteiger partial charge in [0.25, 0.3) is 0 Å². The SMILES string of the molecule is COC(=O)/C=C\[C@H]1[C@@H](C=O)[C@@H]1C(=O)OC. The Labute approximate surface area is 87.0 Å². The average molecular weight is 212 g/mol. The zero-order valence-electron chi connectivity index (χ0n) is 8.51. The molecule has 0 aromatic heterocycles. The van der Waals surface area contributed by atoms with Gasteiger partial charge in [0.1, 0.15) is 6.29 Å². The van der Waals surface area contributed by atoms with Crippen molar-refractivity contribution in [1.29, 1.82) is 0 Å². The summed E-state index contributed by atoms with van der Waals surface area (Å²) in [5.74, 6) is -2.00. The lowest BCUT2D eigenvalue weighted by atomic mass is 10.3. The van der Waals surface area contributed by atoms with Crippen molar-refractivity contribution in [1.82, 2.24) is 0 Å². The van der Waals surface area contributed by atoms with Gasteiger partial charge in [-0.25, -0.2) is 4.79 Å². The highest BCUT2D eigenvalue weighted by Crippen LogP contribution is 2.46. The highest BCUT2D eigenvalue weighted by atomic mass is 16.5. The molecular weight excluding hydrogens is 200 g/mol. The third kappa shape index (κ3) is 2.43. The lowest BCUT2D eigenvalue weighted by Gasteiger charge is -1.93. The van der Waals surface area contributed by atoms with Crippen molar-refractivity contribution in [3.05, 3.63) is 12.2 Å². The second-order valence-corrected chi connectivity index (χ2v) is 3.22. The predicted octanol–water partition coefficient (Wildman–Crippen LogP) is -0.0503. The maximum Gasteiger partial charge on any atom is 0.330 e. The lowest BCUT2D eigenvalue weighted by molar-refractivity contribution is -0.143. The van der Waals surface area contributed by atoms with Gasteiger partial charge < -0.3 is 14.3 Å². The number of carbonyl (C=O) groups is 3. The van der Waals surface area contributed by atoms with E-state index in [-0.39, 0.29) is 11.8 Å². The minimum absolute atomic E-state index is 0.242. The number of ether oxygens (including phenoxy) is 2. The zero-order valence-corrected chi connectivity index (χ0v) is 8.51. The summed E-state index contributed by atoms with van der Waals surface area (Å²) in [6, 6.07) is 0. The smallest absolute Gasteiger partial charge is 0.330 e.